The molecular weight excluding hydrogens is 426 g/mol. The number of nitrogens with zero attached hydrogens (tertiary/aromatic N) is 1. The van der Waals surface area contributed by atoms with E-state index in [1.807, 2.05) is 30.3 Å². The van der Waals surface area contributed by atoms with Crippen LogP contribution in [0.1, 0.15) is 18.4 Å². The zero-order valence-corrected chi connectivity index (χ0v) is 18.2. The van der Waals surface area contributed by atoms with E-state index in [2.05, 4.69) is 22.8 Å². The second kappa shape index (κ2) is 8.43. The van der Waals surface area contributed by atoms with Gasteiger partial charge in [-0.2, -0.15) is 0 Å². The van der Waals surface area contributed by atoms with Gasteiger partial charge in [0.15, 0.2) is 0 Å². The molecule has 5 atom stereocenters. The molecule has 164 valence electrons. The van der Waals surface area contributed by atoms with Gasteiger partial charge in [0.25, 0.3) is 0 Å². The minimum atomic E-state index is -0.769. The third-order valence-corrected chi connectivity index (χ3v) is 7.03. The van der Waals surface area contributed by atoms with Crippen LogP contribution in [0.3, 0.4) is 0 Å². The minimum Gasteiger partial charge on any atom is -0.317 e. The van der Waals surface area contributed by atoms with E-state index in [1.165, 1.54) is 4.90 Å². The van der Waals surface area contributed by atoms with Crippen LogP contribution in [0.5, 0.6) is 0 Å². The highest BCUT2D eigenvalue weighted by Gasteiger charge is 2.58. The fourth-order valence-electron chi connectivity index (χ4n) is 5.30. The van der Waals surface area contributed by atoms with Crippen LogP contribution in [0.15, 0.2) is 66.7 Å². The van der Waals surface area contributed by atoms with Gasteiger partial charge in [-0.25, -0.2) is 4.79 Å². The second-order valence-corrected chi connectivity index (χ2v) is 9.14. The lowest BCUT2D eigenvalue weighted by atomic mass is 9.63. The number of rotatable bonds is 5. The number of likely N-dealkylation sites (tertiary alicyclic amines) is 1. The smallest absolute Gasteiger partial charge is 0.317 e. The quantitative estimate of drug-likeness (QED) is 0.529. The van der Waals surface area contributed by atoms with Crippen molar-refractivity contribution >= 4 is 35.1 Å². The second-order valence-electron chi connectivity index (χ2n) is 8.70. The highest BCUT2D eigenvalue weighted by atomic mass is 35.5. The van der Waals surface area contributed by atoms with Gasteiger partial charge in [0.2, 0.25) is 11.8 Å². The number of imide groups is 1. The molecule has 4 aliphatic rings. The highest BCUT2D eigenvalue weighted by molar-refractivity contribution is 6.30. The molecule has 1 saturated carbocycles. The first-order valence-corrected chi connectivity index (χ1v) is 11.3. The summed E-state index contributed by atoms with van der Waals surface area (Å²) >= 11 is 5.91. The molecule has 2 aromatic rings. The number of nitrogens with one attached hydrogen (secondary N) is 2. The maximum Gasteiger partial charge on any atom is 0.320 e. The van der Waals surface area contributed by atoms with Gasteiger partial charge in [-0.3, -0.25) is 14.5 Å². The van der Waals surface area contributed by atoms with E-state index < -0.39 is 12.2 Å². The van der Waals surface area contributed by atoms with Crippen molar-refractivity contribution in [2.24, 2.45) is 23.7 Å². The number of carbonyl (C=O) groups is 3. The predicted octanol–water partition coefficient (Wildman–Crippen LogP) is 4.23. The lowest BCUT2D eigenvalue weighted by molar-refractivity contribution is -0.143. The molecule has 0 radical (unpaired) electrons. The van der Waals surface area contributed by atoms with Crippen molar-refractivity contribution in [1.82, 2.24) is 10.2 Å². The summed E-state index contributed by atoms with van der Waals surface area (Å²) in [7, 11) is 0. The number of carbonyl (C=O) groups excluding carboxylic acids is 3. The topological polar surface area (TPSA) is 78.5 Å². The van der Waals surface area contributed by atoms with Crippen LogP contribution in [-0.2, 0) is 16.0 Å². The van der Waals surface area contributed by atoms with Crippen molar-refractivity contribution < 1.29 is 14.4 Å². The SMILES string of the molecule is O=C(Nc1ccc(Cl)cc1)N[C@@H](Cc1ccccc1)N1C(=O)[C@@H]2[C@H](C1=O)[C@H]1C=C[C@H]2CC1. The van der Waals surface area contributed by atoms with Crippen LogP contribution < -0.4 is 10.6 Å². The Morgan fingerprint density at radius 2 is 1.53 bits per heavy atom. The van der Waals surface area contributed by atoms with Gasteiger partial charge < -0.3 is 10.6 Å². The Hall–Kier alpha value is -3.12. The summed E-state index contributed by atoms with van der Waals surface area (Å²) in [6, 6.07) is 15.8. The molecule has 2 aromatic carbocycles. The Labute approximate surface area is 191 Å². The number of allylic oxidation sites excluding steroid dienone is 2. The number of urea groups is 1. The Morgan fingerprint density at radius 1 is 0.938 bits per heavy atom. The molecule has 3 aliphatic carbocycles. The van der Waals surface area contributed by atoms with Crippen LogP contribution in [0, 0.1) is 23.7 Å². The van der Waals surface area contributed by atoms with Gasteiger partial charge in [-0.15, -0.1) is 0 Å². The van der Waals surface area contributed by atoms with Crippen LogP contribution in [-0.4, -0.2) is 28.9 Å². The number of halogens is 1. The maximum absolute atomic E-state index is 13.4. The predicted molar refractivity (Wildman–Crippen MR) is 122 cm³/mol. The summed E-state index contributed by atoms with van der Waals surface area (Å²) in [5, 5.41) is 6.20. The van der Waals surface area contributed by atoms with Gasteiger partial charge in [0, 0.05) is 17.1 Å². The number of benzene rings is 2. The fraction of sp³-hybridized carbons (Fsp3) is 0.320. The first-order valence-electron chi connectivity index (χ1n) is 10.9. The van der Waals surface area contributed by atoms with Gasteiger partial charge in [0.1, 0.15) is 6.17 Å². The van der Waals surface area contributed by atoms with Crippen LogP contribution >= 0.6 is 11.6 Å². The van der Waals surface area contributed by atoms with E-state index in [0.717, 1.165) is 18.4 Å². The molecule has 2 N–H and O–H groups in total. The Balaban J connectivity index is 1.40. The van der Waals surface area contributed by atoms with Gasteiger partial charge >= 0.3 is 6.03 Å². The zero-order valence-electron chi connectivity index (χ0n) is 17.4. The third kappa shape index (κ3) is 3.79. The molecule has 0 spiro atoms. The number of hydrogen-bond acceptors (Lipinski definition) is 3. The van der Waals surface area contributed by atoms with E-state index in [-0.39, 0.29) is 35.5 Å². The Kier molecular flexibility index (Phi) is 5.47. The van der Waals surface area contributed by atoms with Crippen molar-refractivity contribution in [1.29, 1.82) is 0 Å². The normalized spacial score (nSPS) is 26.7. The molecule has 0 aromatic heterocycles. The van der Waals surface area contributed by atoms with Gasteiger partial charge in [0.05, 0.1) is 11.8 Å². The number of amides is 4. The third-order valence-electron chi connectivity index (χ3n) is 6.78. The summed E-state index contributed by atoms with van der Waals surface area (Å²) < 4.78 is 0. The van der Waals surface area contributed by atoms with Crippen molar-refractivity contribution in [3.05, 3.63) is 77.3 Å². The largest absolute Gasteiger partial charge is 0.320 e. The first kappa shape index (κ1) is 20.8. The molecular formula is C25H24ClN3O3. The molecule has 6 rings (SSSR count). The number of fused-ring (bicyclic) bond motifs is 1. The molecule has 32 heavy (non-hydrogen) atoms. The van der Waals surface area contributed by atoms with Crippen molar-refractivity contribution in [2.45, 2.75) is 25.4 Å². The molecule has 6 nitrogen and oxygen atoms in total. The average molecular weight is 450 g/mol. The Bertz CT molecular complexity index is 1040. The monoisotopic (exact) mass is 449 g/mol. The molecule has 1 heterocycles. The van der Waals surface area contributed by atoms with E-state index in [0.29, 0.717) is 17.1 Å². The van der Waals surface area contributed by atoms with Crippen LogP contribution in [0.2, 0.25) is 5.02 Å². The standard InChI is InChI=1S/C25H24ClN3O3/c26-18-10-12-19(13-11-18)27-25(32)28-20(14-15-4-2-1-3-5-15)29-23(30)21-16-6-7-17(9-8-16)22(21)24(29)31/h1-7,10-13,16-17,20-22H,8-9,14H2,(H2,27,28,32)/t16-,17-,20+,21-,22+/m0/s1. The van der Waals surface area contributed by atoms with Crippen molar-refractivity contribution in [2.75, 3.05) is 5.32 Å². The summed E-state index contributed by atoms with van der Waals surface area (Å²) in [5.74, 6) is -0.770. The maximum atomic E-state index is 13.4. The van der Waals surface area contributed by atoms with Gasteiger partial charge in [-0.05, 0) is 54.5 Å². The van der Waals surface area contributed by atoms with E-state index in [1.54, 1.807) is 24.3 Å². The van der Waals surface area contributed by atoms with Crippen LogP contribution in [0.25, 0.3) is 0 Å². The van der Waals surface area contributed by atoms with Crippen molar-refractivity contribution in [3.8, 4) is 0 Å². The minimum absolute atomic E-state index is 0.103. The Morgan fingerprint density at radius 3 is 2.09 bits per heavy atom. The molecule has 2 bridgehead atoms. The van der Waals surface area contributed by atoms with Gasteiger partial charge in [-0.1, -0.05) is 54.1 Å². The van der Waals surface area contributed by atoms with E-state index >= 15 is 0 Å². The summed E-state index contributed by atoms with van der Waals surface area (Å²) in [4.78, 5) is 41.0. The average Bonchev–Trinajstić information content (AvgIpc) is 3.09. The van der Waals surface area contributed by atoms with Crippen molar-refractivity contribution in [3.63, 3.8) is 0 Å². The highest BCUT2D eigenvalue weighted by Crippen LogP contribution is 2.50. The molecule has 0 unspecified atom stereocenters. The lowest BCUT2D eigenvalue weighted by Crippen LogP contribution is -2.53. The lowest BCUT2D eigenvalue weighted by Gasteiger charge is -2.38. The summed E-state index contributed by atoms with van der Waals surface area (Å²) in [6.45, 7) is 0. The first-order chi connectivity index (χ1) is 15.5. The molecule has 2 fully saturated rings. The summed E-state index contributed by atoms with van der Waals surface area (Å²) in [6.07, 6.45) is 5.63. The zero-order chi connectivity index (χ0) is 22.2. The number of anilines is 1. The molecule has 1 aliphatic heterocycles. The van der Waals surface area contributed by atoms with Crippen LogP contribution in [0.4, 0.5) is 10.5 Å². The number of hydrogen-bond donors (Lipinski definition) is 2. The molecule has 1 saturated heterocycles. The fourth-order valence-corrected chi connectivity index (χ4v) is 5.43. The van der Waals surface area contributed by atoms with E-state index in [4.69, 9.17) is 11.6 Å². The van der Waals surface area contributed by atoms with E-state index in [9.17, 15) is 14.4 Å². The molecule has 7 heteroatoms. The molecule has 4 amide bonds. The summed E-state index contributed by atoms with van der Waals surface area (Å²) in [5.41, 5.74) is 1.50.